The van der Waals surface area contributed by atoms with Gasteiger partial charge in [-0.05, 0) is 49.9 Å². The van der Waals surface area contributed by atoms with Gasteiger partial charge in [0.2, 0.25) is 0 Å². The van der Waals surface area contributed by atoms with Crippen LogP contribution < -0.4 is 5.73 Å². The van der Waals surface area contributed by atoms with Crippen molar-refractivity contribution in [3.8, 4) is 0 Å². The van der Waals surface area contributed by atoms with Crippen LogP contribution in [0.3, 0.4) is 0 Å². The van der Waals surface area contributed by atoms with Crippen molar-refractivity contribution in [1.29, 1.82) is 0 Å². The molecule has 1 aromatic carbocycles. The molecule has 0 saturated carbocycles. The molecule has 0 fully saturated rings. The molecular formula is C16H22N2S. The molecule has 1 aromatic heterocycles. The summed E-state index contributed by atoms with van der Waals surface area (Å²) in [6.45, 7) is 7.77. The first kappa shape index (κ1) is 14.1. The maximum absolute atomic E-state index is 5.76. The summed E-state index contributed by atoms with van der Waals surface area (Å²) < 4.78 is 0. The monoisotopic (exact) mass is 274 g/mol. The van der Waals surface area contributed by atoms with Gasteiger partial charge in [0.15, 0.2) is 0 Å². The Morgan fingerprint density at radius 1 is 1.11 bits per heavy atom. The van der Waals surface area contributed by atoms with Crippen LogP contribution in [0.25, 0.3) is 0 Å². The van der Waals surface area contributed by atoms with Gasteiger partial charge in [-0.25, -0.2) is 0 Å². The molecule has 0 radical (unpaired) electrons. The average Bonchev–Trinajstić information content (AvgIpc) is 2.88. The first-order valence-corrected chi connectivity index (χ1v) is 7.59. The first-order valence-electron chi connectivity index (χ1n) is 6.71. The maximum Gasteiger partial charge on any atom is 0.0336 e. The molecule has 19 heavy (non-hydrogen) atoms. The number of nitrogen functional groups attached to an aromatic ring is 1. The number of nitrogens with zero attached hydrogens (tertiary/aromatic N) is 1. The van der Waals surface area contributed by atoms with Crippen LogP contribution in [0.2, 0.25) is 0 Å². The summed E-state index contributed by atoms with van der Waals surface area (Å²) in [5, 5.41) is 2.14. The topological polar surface area (TPSA) is 29.3 Å². The summed E-state index contributed by atoms with van der Waals surface area (Å²) >= 11 is 1.82. The third-order valence-corrected chi connectivity index (χ3v) is 4.36. The molecule has 3 heteroatoms. The van der Waals surface area contributed by atoms with E-state index in [0.717, 1.165) is 12.2 Å². The van der Waals surface area contributed by atoms with Crippen molar-refractivity contribution < 1.29 is 0 Å². The third-order valence-electron chi connectivity index (χ3n) is 3.50. The standard InChI is InChI=1S/C16H22N2S/c1-12(2)18(11-16-5-4-10-19-16)13(3)14-6-8-15(17)9-7-14/h4-10,12-13H,11,17H2,1-3H3. The Morgan fingerprint density at radius 2 is 1.79 bits per heavy atom. The second kappa shape index (κ2) is 6.22. The van der Waals surface area contributed by atoms with Crippen molar-refractivity contribution in [2.24, 2.45) is 0 Å². The third kappa shape index (κ3) is 3.58. The molecular weight excluding hydrogens is 252 g/mol. The van der Waals surface area contributed by atoms with Crippen molar-refractivity contribution in [1.82, 2.24) is 4.90 Å². The van der Waals surface area contributed by atoms with Crippen LogP contribution in [0.5, 0.6) is 0 Å². The van der Waals surface area contributed by atoms with Crippen molar-refractivity contribution in [3.63, 3.8) is 0 Å². The molecule has 0 aliphatic carbocycles. The number of benzene rings is 1. The van der Waals surface area contributed by atoms with Crippen molar-refractivity contribution >= 4 is 17.0 Å². The molecule has 0 aliphatic rings. The minimum atomic E-state index is 0.391. The highest BCUT2D eigenvalue weighted by molar-refractivity contribution is 7.09. The van der Waals surface area contributed by atoms with Gasteiger partial charge in [-0.3, -0.25) is 4.90 Å². The lowest BCUT2D eigenvalue weighted by molar-refractivity contribution is 0.157. The molecule has 0 saturated heterocycles. The molecule has 102 valence electrons. The lowest BCUT2D eigenvalue weighted by Crippen LogP contribution is -2.32. The van der Waals surface area contributed by atoms with E-state index in [1.54, 1.807) is 0 Å². The summed E-state index contributed by atoms with van der Waals surface area (Å²) in [6, 6.07) is 13.4. The van der Waals surface area contributed by atoms with Crippen LogP contribution in [0.4, 0.5) is 5.69 Å². The fourth-order valence-corrected chi connectivity index (χ4v) is 3.03. The van der Waals surface area contributed by atoms with E-state index in [-0.39, 0.29) is 0 Å². The highest BCUT2D eigenvalue weighted by Crippen LogP contribution is 2.26. The zero-order valence-electron chi connectivity index (χ0n) is 11.8. The predicted octanol–water partition coefficient (Wildman–Crippen LogP) is 4.30. The molecule has 2 N–H and O–H groups in total. The molecule has 2 rings (SSSR count). The van der Waals surface area contributed by atoms with Gasteiger partial charge >= 0.3 is 0 Å². The van der Waals surface area contributed by atoms with Crippen molar-refractivity contribution in [3.05, 3.63) is 52.2 Å². The van der Waals surface area contributed by atoms with Crippen LogP contribution in [-0.2, 0) is 6.54 Å². The summed E-state index contributed by atoms with van der Waals surface area (Å²) in [5.41, 5.74) is 7.90. The number of thiophene rings is 1. The minimum absolute atomic E-state index is 0.391. The zero-order chi connectivity index (χ0) is 13.8. The van der Waals surface area contributed by atoms with E-state index in [0.29, 0.717) is 12.1 Å². The Morgan fingerprint density at radius 3 is 2.32 bits per heavy atom. The molecule has 0 aliphatic heterocycles. The Hall–Kier alpha value is -1.32. The number of anilines is 1. The number of nitrogens with two attached hydrogens (primary N) is 1. The minimum Gasteiger partial charge on any atom is -0.399 e. The Labute approximate surface area is 119 Å². The molecule has 1 atom stereocenters. The van der Waals surface area contributed by atoms with E-state index in [1.165, 1.54) is 10.4 Å². The van der Waals surface area contributed by atoms with Gasteiger partial charge in [0, 0.05) is 29.2 Å². The molecule has 1 heterocycles. The Bertz CT molecular complexity index is 488. The zero-order valence-corrected chi connectivity index (χ0v) is 12.7. The number of rotatable bonds is 5. The average molecular weight is 274 g/mol. The lowest BCUT2D eigenvalue weighted by Gasteiger charge is -2.32. The highest BCUT2D eigenvalue weighted by atomic mass is 32.1. The second-order valence-electron chi connectivity index (χ2n) is 5.19. The van der Waals surface area contributed by atoms with Gasteiger partial charge in [0.25, 0.3) is 0 Å². The van der Waals surface area contributed by atoms with Crippen LogP contribution in [0, 0.1) is 0 Å². The molecule has 2 nitrogen and oxygen atoms in total. The molecule has 0 spiro atoms. The van der Waals surface area contributed by atoms with Crippen LogP contribution in [0.1, 0.15) is 37.3 Å². The van der Waals surface area contributed by atoms with Gasteiger partial charge in [-0.2, -0.15) is 0 Å². The normalized spacial score (nSPS) is 13.1. The largest absolute Gasteiger partial charge is 0.399 e. The summed E-state index contributed by atoms with van der Waals surface area (Å²) in [5.74, 6) is 0. The van der Waals surface area contributed by atoms with Crippen LogP contribution in [-0.4, -0.2) is 10.9 Å². The molecule has 2 aromatic rings. The number of hydrogen-bond acceptors (Lipinski definition) is 3. The Balaban J connectivity index is 2.16. The molecule has 0 amide bonds. The SMILES string of the molecule is CC(C)N(Cc1cccs1)C(C)c1ccc(N)cc1. The van der Waals surface area contributed by atoms with Crippen molar-refractivity contribution in [2.75, 3.05) is 5.73 Å². The van der Waals surface area contributed by atoms with Gasteiger partial charge in [0.05, 0.1) is 0 Å². The Kier molecular flexibility index (Phi) is 4.61. The smallest absolute Gasteiger partial charge is 0.0336 e. The van der Waals surface area contributed by atoms with Crippen molar-refractivity contribution in [2.45, 2.75) is 39.4 Å². The van der Waals surface area contributed by atoms with Gasteiger partial charge in [-0.15, -0.1) is 11.3 Å². The maximum atomic E-state index is 5.76. The summed E-state index contributed by atoms with van der Waals surface area (Å²) in [7, 11) is 0. The second-order valence-corrected chi connectivity index (χ2v) is 6.22. The fraction of sp³-hybridized carbons (Fsp3) is 0.375. The first-order chi connectivity index (χ1) is 9.08. The fourth-order valence-electron chi connectivity index (χ4n) is 2.32. The van der Waals surface area contributed by atoms with Crippen LogP contribution in [0.15, 0.2) is 41.8 Å². The van der Waals surface area contributed by atoms with E-state index in [4.69, 9.17) is 5.73 Å². The lowest BCUT2D eigenvalue weighted by atomic mass is 10.0. The van der Waals surface area contributed by atoms with Gasteiger partial charge < -0.3 is 5.73 Å². The predicted molar refractivity (Wildman–Crippen MR) is 84.3 cm³/mol. The van der Waals surface area contributed by atoms with Gasteiger partial charge in [-0.1, -0.05) is 18.2 Å². The van der Waals surface area contributed by atoms with E-state index < -0.39 is 0 Å². The molecule has 1 unspecified atom stereocenters. The van der Waals surface area contributed by atoms with Gasteiger partial charge in [0.1, 0.15) is 0 Å². The highest BCUT2D eigenvalue weighted by Gasteiger charge is 2.19. The van der Waals surface area contributed by atoms with E-state index >= 15 is 0 Å². The van der Waals surface area contributed by atoms with Crippen LogP contribution >= 0.6 is 11.3 Å². The number of hydrogen-bond donors (Lipinski definition) is 1. The summed E-state index contributed by atoms with van der Waals surface area (Å²) in [4.78, 5) is 3.92. The molecule has 0 bridgehead atoms. The van der Waals surface area contributed by atoms with E-state index in [1.807, 2.05) is 23.5 Å². The quantitative estimate of drug-likeness (QED) is 0.824. The van der Waals surface area contributed by atoms with E-state index in [9.17, 15) is 0 Å². The summed E-state index contributed by atoms with van der Waals surface area (Å²) in [6.07, 6.45) is 0. The van der Waals surface area contributed by atoms with E-state index in [2.05, 4.69) is 55.3 Å².